The van der Waals surface area contributed by atoms with Gasteiger partial charge in [-0.25, -0.2) is 0 Å². The van der Waals surface area contributed by atoms with Crippen molar-refractivity contribution in [3.8, 4) is 0 Å². The molecule has 1 aromatic rings. The first-order chi connectivity index (χ1) is 10.2. The molecule has 2 aliphatic heterocycles. The van der Waals surface area contributed by atoms with Crippen molar-refractivity contribution in [3.05, 3.63) is 35.9 Å². The lowest BCUT2D eigenvalue weighted by Crippen LogP contribution is -2.51. The van der Waals surface area contributed by atoms with Gasteiger partial charge in [0.15, 0.2) is 0 Å². The highest BCUT2D eigenvalue weighted by Crippen LogP contribution is 2.34. The number of rotatable bonds is 2. The van der Waals surface area contributed by atoms with Crippen LogP contribution in [0.3, 0.4) is 0 Å². The Balaban J connectivity index is 0.00000176. The van der Waals surface area contributed by atoms with Gasteiger partial charge in [-0.15, -0.1) is 12.4 Å². The molecular formula is C18H27ClN2O. The predicted molar refractivity (Wildman–Crippen MR) is 92.4 cm³/mol. The molecule has 2 heterocycles. The maximum absolute atomic E-state index is 12.8. The summed E-state index contributed by atoms with van der Waals surface area (Å²) >= 11 is 0. The van der Waals surface area contributed by atoms with Gasteiger partial charge in [0.25, 0.3) is 0 Å². The summed E-state index contributed by atoms with van der Waals surface area (Å²) < 4.78 is 0. The van der Waals surface area contributed by atoms with E-state index >= 15 is 0 Å². The molecule has 2 atom stereocenters. The summed E-state index contributed by atoms with van der Waals surface area (Å²) in [4.78, 5) is 14.9. The number of piperidine rings is 2. The molecule has 2 unspecified atom stereocenters. The molecule has 0 aliphatic carbocycles. The Kier molecular flexibility index (Phi) is 5.87. The fourth-order valence-corrected chi connectivity index (χ4v) is 3.82. The van der Waals surface area contributed by atoms with Crippen LogP contribution in [0.25, 0.3) is 0 Å². The number of amides is 1. The zero-order valence-corrected chi connectivity index (χ0v) is 14.2. The van der Waals surface area contributed by atoms with Crippen LogP contribution < -0.4 is 5.32 Å². The molecule has 1 N–H and O–H groups in total. The normalized spacial score (nSPS) is 28.8. The van der Waals surface area contributed by atoms with Crippen LogP contribution in [0, 0.1) is 5.92 Å². The number of nitrogens with one attached hydrogen (secondary N) is 1. The first kappa shape index (κ1) is 17.3. The molecule has 0 radical (unpaired) electrons. The number of carbonyl (C=O) groups is 1. The Morgan fingerprint density at radius 3 is 2.73 bits per heavy atom. The minimum absolute atomic E-state index is 0. The number of hydrogen-bond acceptors (Lipinski definition) is 2. The molecule has 3 nitrogen and oxygen atoms in total. The molecule has 0 bridgehead atoms. The van der Waals surface area contributed by atoms with Gasteiger partial charge in [0, 0.05) is 25.0 Å². The summed E-state index contributed by atoms with van der Waals surface area (Å²) in [6, 6.07) is 10.7. The lowest BCUT2D eigenvalue weighted by molar-refractivity contribution is -0.138. The second-order valence-corrected chi connectivity index (χ2v) is 6.83. The Labute approximate surface area is 139 Å². The molecule has 122 valence electrons. The Morgan fingerprint density at radius 1 is 1.27 bits per heavy atom. The van der Waals surface area contributed by atoms with Gasteiger partial charge in [-0.1, -0.05) is 37.3 Å². The van der Waals surface area contributed by atoms with Gasteiger partial charge >= 0.3 is 0 Å². The smallest absolute Gasteiger partial charge is 0.226 e. The summed E-state index contributed by atoms with van der Waals surface area (Å²) in [6.07, 6.45) is 4.45. The molecule has 2 saturated heterocycles. The first-order valence-corrected chi connectivity index (χ1v) is 8.24. The van der Waals surface area contributed by atoms with Gasteiger partial charge in [-0.05, 0) is 37.8 Å². The SMILES string of the molecule is CC1(c2ccccc2)CCCN(C(=O)C2CCCNC2)C1.Cl. The second kappa shape index (κ2) is 7.47. The third-order valence-electron chi connectivity index (χ3n) is 5.12. The highest BCUT2D eigenvalue weighted by atomic mass is 35.5. The van der Waals surface area contributed by atoms with Crippen LogP contribution in [0.2, 0.25) is 0 Å². The lowest BCUT2D eigenvalue weighted by atomic mass is 9.75. The summed E-state index contributed by atoms with van der Waals surface area (Å²) in [7, 11) is 0. The number of carbonyl (C=O) groups excluding carboxylic acids is 1. The molecule has 3 rings (SSSR count). The number of hydrogen-bond donors (Lipinski definition) is 1. The van der Waals surface area contributed by atoms with Crippen molar-refractivity contribution in [1.29, 1.82) is 0 Å². The molecule has 22 heavy (non-hydrogen) atoms. The summed E-state index contributed by atoms with van der Waals surface area (Å²) in [6.45, 7) is 6.02. The molecule has 4 heteroatoms. The van der Waals surface area contributed by atoms with Crippen LogP contribution in [0.15, 0.2) is 30.3 Å². The van der Waals surface area contributed by atoms with E-state index in [-0.39, 0.29) is 23.7 Å². The van der Waals surface area contributed by atoms with Gasteiger partial charge in [-0.3, -0.25) is 4.79 Å². The van der Waals surface area contributed by atoms with Crippen LogP contribution in [0.4, 0.5) is 0 Å². The van der Waals surface area contributed by atoms with Gasteiger partial charge in [0.2, 0.25) is 5.91 Å². The molecule has 2 aliphatic rings. The second-order valence-electron chi connectivity index (χ2n) is 6.83. The van der Waals surface area contributed by atoms with Gasteiger partial charge in [0.1, 0.15) is 0 Å². The lowest BCUT2D eigenvalue weighted by Gasteiger charge is -2.42. The van der Waals surface area contributed by atoms with E-state index in [0.717, 1.165) is 45.4 Å². The van der Waals surface area contributed by atoms with E-state index < -0.39 is 0 Å². The maximum atomic E-state index is 12.8. The van der Waals surface area contributed by atoms with E-state index in [0.29, 0.717) is 5.91 Å². The number of halogens is 1. The zero-order chi connectivity index (χ0) is 14.7. The Morgan fingerprint density at radius 2 is 2.05 bits per heavy atom. The maximum Gasteiger partial charge on any atom is 0.226 e. The number of nitrogens with zero attached hydrogens (tertiary/aromatic N) is 1. The van der Waals surface area contributed by atoms with E-state index in [1.807, 2.05) is 0 Å². The third kappa shape index (κ3) is 3.64. The van der Waals surface area contributed by atoms with Crippen LogP contribution in [0.1, 0.15) is 38.2 Å². The minimum atomic E-state index is 0. The van der Waals surface area contributed by atoms with Crippen molar-refractivity contribution < 1.29 is 4.79 Å². The molecule has 0 spiro atoms. The summed E-state index contributed by atoms with van der Waals surface area (Å²) in [5, 5.41) is 3.36. The highest BCUT2D eigenvalue weighted by Gasteiger charge is 2.36. The predicted octanol–water partition coefficient (Wildman–Crippen LogP) is 2.99. The average Bonchev–Trinajstić information content (AvgIpc) is 2.56. The fourth-order valence-electron chi connectivity index (χ4n) is 3.82. The standard InChI is InChI=1S/C18H26N2O.ClH/c1-18(16-8-3-2-4-9-16)10-6-12-20(14-18)17(21)15-7-5-11-19-13-15;/h2-4,8-9,15,19H,5-7,10-14H2,1H3;1H. The van der Waals surface area contributed by atoms with E-state index in [1.54, 1.807) is 0 Å². The number of likely N-dealkylation sites (tertiary alicyclic amines) is 1. The molecule has 0 saturated carbocycles. The van der Waals surface area contributed by atoms with Gasteiger partial charge in [0.05, 0.1) is 5.92 Å². The molecule has 1 aromatic carbocycles. The summed E-state index contributed by atoms with van der Waals surface area (Å²) in [5.41, 5.74) is 1.47. The van der Waals surface area contributed by atoms with Crippen LogP contribution in [-0.4, -0.2) is 37.0 Å². The van der Waals surface area contributed by atoms with Crippen molar-refractivity contribution in [1.82, 2.24) is 10.2 Å². The van der Waals surface area contributed by atoms with Crippen molar-refractivity contribution in [2.75, 3.05) is 26.2 Å². The number of benzene rings is 1. The molecule has 1 amide bonds. The molecular weight excluding hydrogens is 296 g/mol. The van der Waals surface area contributed by atoms with Crippen LogP contribution in [0.5, 0.6) is 0 Å². The van der Waals surface area contributed by atoms with E-state index in [9.17, 15) is 4.79 Å². The van der Waals surface area contributed by atoms with Gasteiger partial charge < -0.3 is 10.2 Å². The summed E-state index contributed by atoms with van der Waals surface area (Å²) in [5.74, 6) is 0.556. The average molecular weight is 323 g/mol. The van der Waals surface area contributed by atoms with E-state index in [4.69, 9.17) is 0 Å². The Bertz CT molecular complexity index is 487. The third-order valence-corrected chi connectivity index (χ3v) is 5.12. The molecule has 0 aromatic heterocycles. The van der Waals surface area contributed by atoms with Crippen LogP contribution in [-0.2, 0) is 10.2 Å². The molecule has 2 fully saturated rings. The van der Waals surface area contributed by atoms with Gasteiger partial charge in [-0.2, -0.15) is 0 Å². The Hall–Kier alpha value is -1.06. The van der Waals surface area contributed by atoms with Crippen LogP contribution >= 0.6 is 12.4 Å². The van der Waals surface area contributed by atoms with E-state index in [2.05, 4.69) is 47.5 Å². The monoisotopic (exact) mass is 322 g/mol. The largest absolute Gasteiger partial charge is 0.342 e. The van der Waals surface area contributed by atoms with Crippen molar-refractivity contribution in [2.45, 2.75) is 38.0 Å². The topological polar surface area (TPSA) is 32.3 Å². The quantitative estimate of drug-likeness (QED) is 0.908. The highest BCUT2D eigenvalue weighted by molar-refractivity contribution is 5.85. The van der Waals surface area contributed by atoms with E-state index in [1.165, 1.54) is 12.0 Å². The zero-order valence-electron chi connectivity index (χ0n) is 13.4. The van der Waals surface area contributed by atoms with Crippen molar-refractivity contribution in [2.24, 2.45) is 5.92 Å². The minimum Gasteiger partial charge on any atom is -0.342 e. The first-order valence-electron chi connectivity index (χ1n) is 8.24. The fraction of sp³-hybridized carbons (Fsp3) is 0.611. The van der Waals surface area contributed by atoms with Crippen molar-refractivity contribution in [3.63, 3.8) is 0 Å². The van der Waals surface area contributed by atoms with Crippen molar-refractivity contribution >= 4 is 18.3 Å².